The van der Waals surface area contributed by atoms with E-state index in [2.05, 4.69) is 25.9 Å². The first-order valence-electron chi connectivity index (χ1n) is 5.96. The van der Waals surface area contributed by atoms with Gasteiger partial charge >= 0.3 is 0 Å². The quantitative estimate of drug-likeness (QED) is 0.608. The zero-order valence-electron chi connectivity index (χ0n) is 10.3. The lowest BCUT2D eigenvalue weighted by Crippen LogP contribution is -1.97. The average molecular weight is 352 g/mol. The van der Waals surface area contributed by atoms with Crippen LogP contribution in [0.4, 0.5) is 4.39 Å². The first-order chi connectivity index (χ1) is 9.69. The third kappa shape index (κ3) is 2.41. The molecule has 0 atom stereocenters. The number of benzene rings is 2. The number of hydrogen-bond donors (Lipinski definition) is 0. The van der Waals surface area contributed by atoms with Gasteiger partial charge < -0.3 is 0 Å². The molecule has 100 valence electrons. The van der Waals surface area contributed by atoms with Gasteiger partial charge in [-0.1, -0.05) is 45.7 Å². The van der Waals surface area contributed by atoms with Crippen molar-refractivity contribution in [2.24, 2.45) is 0 Å². The van der Waals surface area contributed by atoms with Gasteiger partial charge in [0.05, 0.1) is 21.9 Å². The molecule has 20 heavy (non-hydrogen) atoms. The van der Waals surface area contributed by atoms with Gasteiger partial charge in [-0.3, -0.25) is 0 Å². The smallest absolute Gasteiger partial charge is 0.123 e. The lowest BCUT2D eigenvalue weighted by Gasteiger charge is -2.09. The molecular weight excluding hydrogens is 343 g/mol. The molecule has 3 aromatic rings. The maximum absolute atomic E-state index is 13.4. The Hall–Kier alpha value is -1.52. The van der Waals surface area contributed by atoms with Gasteiger partial charge in [-0.2, -0.15) is 0 Å². The fourth-order valence-corrected chi connectivity index (χ4v) is 2.64. The molecule has 0 unspecified atom stereocenters. The Morgan fingerprint density at radius 1 is 1.10 bits per heavy atom. The van der Waals surface area contributed by atoms with Gasteiger partial charge in [0, 0.05) is 10.9 Å². The number of rotatable bonds is 2. The summed E-state index contributed by atoms with van der Waals surface area (Å²) in [6, 6.07) is 11.8. The molecule has 1 heterocycles. The van der Waals surface area contributed by atoms with Gasteiger partial charge in [0.2, 0.25) is 0 Å². The molecule has 0 aliphatic heterocycles. The van der Waals surface area contributed by atoms with E-state index in [0.717, 1.165) is 11.2 Å². The summed E-state index contributed by atoms with van der Waals surface area (Å²) in [6.45, 7) is 0. The molecule has 0 radical (unpaired) electrons. The third-order valence-electron chi connectivity index (χ3n) is 2.94. The molecule has 0 aliphatic carbocycles. The third-order valence-corrected chi connectivity index (χ3v) is 3.78. The van der Waals surface area contributed by atoms with Crippen LogP contribution in [0.5, 0.6) is 0 Å². The molecule has 5 heteroatoms. The molecule has 3 rings (SSSR count). The van der Waals surface area contributed by atoms with Gasteiger partial charge in [0.25, 0.3) is 0 Å². The van der Waals surface area contributed by atoms with Crippen LogP contribution in [0.15, 0.2) is 42.5 Å². The number of para-hydroxylation sites is 1. The predicted molar refractivity (Wildman–Crippen MR) is 82.6 cm³/mol. The molecule has 0 N–H and O–H groups in total. The molecule has 2 nitrogen and oxygen atoms in total. The summed E-state index contributed by atoms with van der Waals surface area (Å²) in [5.74, 6) is -0.302. The maximum Gasteiger partial charge on any atom is 0.123 e. The molecular formula is C15H9BrClFN2. The van der Waals surface area contributed by atoms with Crippen molar-refractivity contribution >= 4 is 38.6 Å². The van der Waals surface area contributed by atoms with Crippen LogP contribution in [0.25, 0.3) is 22.3 Å². The number of fused-ring (bicyclic) bond motifs is 1. The van der Waals surface area contributed by atoms with E-state index in [1.54, 1.807) is 12.1 Å². The van der Waals surface area contributed by atoms with Crippen molar-refractivity contribution < 1.29 is 4.39 Å². The summed E-state index contributed by atoms with van der Waals surface area (Å²) in [4.78, 5) is 9.11. The number of nitrogens with zero attached hydrogens (tertiary/aromatic N) is 2. The Labute approximate surface area is 128 Å². The summed E-state index contributed by atoms with van der Waals surface area (Å²) in [7, 11) is 0. The van der Waals surface area contributed by atoms with Gasteiger partial charge in [-0.25, -0.2) is 14.4 Å². The SMILES string of the molecule is Fc1cccc(-c2nc3c(Cl)cccc3nc2CBr)c1. The topological polar surface area (TPSA) is 25.8 Å². The van der Waals surface area contributed by atoms with Crippen LogP contribution in [0, 0.1) is 5.82 Å². The van der Waals surface area contributed by atoms with Crippen LogP contribution in [0.1, 0.15) is 5.69 Å². The zero-order valence-corrected chi connectivity index (χ0v) is 12.6. The zero-order chi connectivity index (χ0) is 14.1. The van der Waals surface area contributed by atoms with Crippen molar-refractivity contribution in [1.82, 2.24) is 9.97 Å². The molecule has 0 bridgehead atoms. The first kappa shape index (κ1) is 13.5. The molecule has 2 aromatic carbocycles. The van der Waals surface area contributed by atoms with Gasteiger partial charge in [0.1, 0.15) is 11.3 Å². The van der Waals surface area contributed by atoms with Gasteiger partial charge in [-0.05, 0) is 24.3 Å². The van der Waals surface area contributed by atoms with Crippen LogP contribution in [0.3, 0.4) is 0 Å². The van der Waals surface area contributed by atoms with Crippen LogP contribution in [-0.4, -0.2) is 9.97 Å². The molecule has 0 amide bonds. The van der Waals surface area contributed by atoms with Crippen LogP contribution in [-0.2, 0) is 5.33 Å². The van der Waals surface area contributed by atoms with Crippen LogP contribution < -0.4 is 0 Å². The lowest BCUT2D eigenvalue weighted by molar-refractivity contribution is 0.628. The highest BCUT2D eigenvalue weighted by Gasteiger charge is 2.12. The summed E-state index contributed by atoms with van der Waals surface area (Å²) in [5, 5.41) is 1.07. The summed E-state index contributed by atoms with van der Waals surface area (Å²) >= 11 is 9.55. The summed E-state index contributed by atoms with van der Waals surface area (Å²) in [6.07, 6.45) is 0. The van der Waals surface area contributed by atoms with E-state index in [1.807, 2.05) is 18.2 Å². The molecule has 0 saturated carbocycles. The minimum atomic E-state index is -0.302. The normalized spacial score (nSPS) is 10.9. The largest absolute Gasteiger partial charge is 0.248 e. The van der Waals surface area contributed by atoms with E-state index in [9.17, 15) is 4.39 Å². The van der Waals surface area contributed by atoms with E-state index in [0.29, 0.717) is 27.1 Å². The highest BCUT2D eigenvalue weighted by molar-refractivity contribution is 9.08. The van der Waals surface area contributed by atoms with E-state index in [-0.39, 0.29) is 5.82 Å². The fourth-order valence-electron chi connectivity index (χ4n) is 2.04. The Bertz CT molecular complexity index is 792. The molecule has 0 spiro atoms. The van der Waals surface area contributed by atoms with E-state index in [1.165, 1.54) is 12.1 Å². The van der Waals surface area contributed by atoms with Crippen molar-refractivity contribution in [3.8, 4) is 11.3 Å². The summed E-state index contributed by atoms with van der Waals surface area (Å²) < 4.78 is 13.4. The molecule has 0 fully saturated rings. The van der Waals surface area contributed by atoms with Crippen LogP contribution >= 0.6 is 27.5 Å². The fraction of sp³-hybridized carbons (Fsp3) is 0.0667. The second-order valence-electron chi connectivity index (χ2n) is 4.27. The molecule has 0 aliphatic rings. The van der Waals surface area contributed by atoms with Crippen LogP contribution in [0.2, 0.25) is 5.02 Å². The first-order valence-corrected chi connectivity index (χ1v) is 7.46. The Morgan fingerprint density at radius 2 is 1.90 bits per heavy atom. The van der Waals surface area contributed by atoms with E-state index in [4.69, 9.17) is 11.6 Å². The minimum Gasteiger partial charge on any atom is -0.248 e. The Balaban J connectivity index is 2.31. The average Bonchev–Trinajstić information content (AvgIpc) is 2.46. The standard InChI is InChI=1S/C15H9BrClFN2/c16-8-13-14(9-3-1-4-10(18)7-9)20-15-11(17)5-2-6-12(15)19-13/h1-7H,8H2. The van der Waals surface area contributed by atoms with Gasteiger partial charge in [0.15, 0.2) is 0 Å². The van der Waals surface area contributed by atoms with Crippen molar-refractivity contribution in [1.29, 1.82) is 0 Å². The van der Waals surface area contributed by atoms with Crippen molar-refractivity contribution in [2.45, 2.75) is 5.33 Å². The van der Waals surface area contributed by atoms with E-state index < -0.39 is 0 Å². The number of hydrogen-bond acceptors (Lipinski definition) is 2. The second-order valence-corrected chi connectivity index (χ2v) is 5.24. The maximum atomic E-state index is 13.4. The Kier molecular flexibility index (Phi) is 3.68. The Morgan fingerprint density at radius 3 is 2.65 bits per heavy atom. The predicted octanol–water partition coefficient (Wildman–Crippen LogP) is 4.98. The van der Waals surface area contributed by atoms with Crippen molar-refractivity contribution in [2.75, 3.05) is 0 Å². The molecule has 0 saturated heterocycles. The monoisotopic (exact) mass is 350 g/mol. The van der Waals surface area contributed by atoms with Crippen molar-refractivity contribution in [3.05, 3.63) is 59.0 Å². The number of aromatic nitrogens is 2. The highest BCUT2D eigenvalue weighted by Crippen LogP contribution is 2.28. The second kappa shape index (κ2) is 5.46. The van der Waals surface area contributed by atoms with Gasteiger partial charge in [-0.15, -0.1) is 0 Å². The van der Waals surface area contributed by atoms with Crippen molar-refractivity contribution in [3.63, 3.8) is 0 Å². The van der Waals surface area contributed by atoms with E-state index >= 15 is 0 Å². The lowest BCUT2D eigenvalue weighted by atomic mass is 10.1. The number of halogens is 3. The number of alkyl halides is 1. The molecule has 1 aromatic heterocycles. The minimum absolute atomic E-state index is 0.302. The summed E-state index contributed by atoms with van der Waals surface area (Å²) in [5.41, 5.74) is 3.44. The highest BCUT2D eigenvalue weighted by atomic mass is 79.9.